The highest BCUT2D eigenvalue weighted by atomic mass is 35.5. The van der Waals surface area contributed by atoms with E-state index in [4.69, 9.17) is 5.73 Å². The van der Waals surface area contributed by atoms with Gasteiger partial charge in [-0.1, -0.05) is 6.42 Å². The molecule has 1 amide bonds. The third-order valence-electron chi connectivity index (χ3n) is 5.67. The van der Waals surface area contributed by atoms with Gasteiger partial charge in [0, 0.05) is 36.1 Å². The largest absolute Gasteiger partial charge is 0.369 e. The van der Waals surface area contributed by atoms with Gasteiger partial charge in [0.25, 0.3) is 5.56 Å². The van der Waals surface area contributed by atoms with Crippen LogP contribution in [0.5, 0.6) is 0 Å². The summed E-state index contributed by atoms with van der Waals surface area (Å²) in [5.74, 6) is -0.442. The molecule has 2 aliphatic rings. The first kappa shape index (κ1) is 22.5. The van der Waals surface area contributed by atoms with Crippen molar-refractivity contribution in [2.24, 2.45) is 5.73 Å². The molecule has 6 nitrogen and oxygen atoms in total. The fourth-order valence-electron chi connectivity index (χ4n) is 4.29. The number of piperidine rings is 1. The van der Waals surface area contributed by atoms with E-state index >= 15 is 0 Å². The molecule has 0 saturated carbocycles. The van der Waals surface area contributed by atoms with Crippen molar-refractivity contribution in [1.82, 2.24) is 9.88 Å². The lowest BCUT2D eigenvalue weighted by molar-refractivity contribution is 0.100. The molecule has 1 fully saturated rings. The van der Waals surface area contributed by atoms with Crippen molar-refractivity contribution in [2.75, 3.05) is 37.6 Å². The highest BCUT2D eigenvalue weighted by molar-refractivity contribution is 6.01. The van der Waals surface area contributed by atoms with Gasteiger partial charge in [-0.2, -0.15) is 0 Å². The number of halogens is 2. The zero-order valence-corrected chi connectivity index (χ0v) is 17.5. The van der Waals surface area contributed by atoms with Crippen LogP contribution in [0.2, 0.25) is 0 Å². The average molecular weight is 427 g/mol. The molecule has 8 heteroatoms. The quantitative estimate of drug-likeness (QED) is 0.786. The summed E-state index contributed by atoms with van der Waals surface area (Å²) < 4.78 is 0. The molecule has 154 valence electrons. The van der Waals surface area contributed by atoms with Gasteiger partial charge < -0.3 is 20.5 Å². The van der Waals surface area contributed by atoms with E-state index in [1.807, 2.05) is 6.07 Å². The molecule has 2 aliphatic heterocycles. The first-order chi connectivity index (χ1) is 12.6. The van der Waals surface area contributed by atoms with Crippen LogP contribution in [0.15, 0.2) is 23.0 Å². The second-order valence-electron chi connectivity index (χ2n) is 7.40. The fourth-order valence-corrected chi connectivity index (χ4v) is 4.29. The Labute approximate surface area is 177 Å². The minimum atomic E-state index is -0.442. The van der Waals surface area contributed by atoms with Gasteiger partial charge in [0.2, 0.25) is 5.91 Å². The molecule has 0 aliphatic carbocycles. The van der Waals surface area contributed by atoms with Crippen molar-refractivity contribution in [1.29, 1.82) is 0 Å². The molecule has 1 aromatic heterocycles. The van der Waals surface area contributed by atoms with Crippen molar-refractivity contribution in [2.45, 2.75) is 32.1 Å². The van der Waals surface area contributed by atoms with Gasteiger partial charge in [-0.3, -0.25) is 9.59 Å². The predicted molar refractivity (Wildman–Crippen MR) is 118 cm³/mol. The first-order valence-electron chi connectivity index (χ1n) is 9.59. The summed E-state index contributed by atoms with van der Waals surface area (Å²) in [6.45, 7) is 5.21. The number of aromatic nitrogens is 1. The maximum absolute atomic E-state index is 12.6. The smallest absolute Gasteiger partial charge is 0.253 e. The van der Waals surface area contributed by atoms with Gasteiger partial charge in [0.1, 0.15) is 0 Å². The molecule has 0 bridgehead atoms. The number of hydrogen-bond donors (Lipinski definition) is 2. The number of fused-ring (bicyclic) bond motifs is 3. The number of anilines is 1. The number of amides is 1. The van der Waals surface area contributed by atoms with E-state index in [1.165, 1.54) is 32.4 Å². The third-order valence-corrected chi connectivity index (χ3v) is 5.67. The van der Waals surface area contributed by atoms with Crippen molar-refractivity contribution >= 4 is 47.3 Å². The summed E-state index contributed by atoms with van der Waals surface area (Å²) in [4.78, 5) is 32.0. The lowest BCUT2D eigenvalue weighted by atomic mass is 9.98. The van der Waals surface area contributed by atoms with Crippen LogP contribution in [0.4, 0.5) is 5.69 Å². The molecular weight excluding hydrogens is 399 g/mol. The van der Waals surface area contributed by atoms with E-state index in [1.54, 1.807) is 12.1 Å². The Morgan fingerprint density at radius 2 is 1.79 bits per heavy atom. The molecule has 0 radical (unpaired) electrons. The number of aromatic amines is 1. The second-order valence-corrected chi connectivity index (χ2v) is 7.40. The summed E-state index contributed by atoms with van der Waals surface area (Å²) in [5.41, 5.74) is 8.54. The Balaban J connectivity index is 0.00000140. The molecule has 0 unspecified atom stereocenters. The first-order valence-corrected chi connectivity index (χ1v) is 9.59. The van der Waals surface area contributed by atoms with Crippen LogP contribution in [0.25, 0.3) is 10.9 Å². The van der Waals surface area contributed by atoms with Gasteiger partial charge in [-0.15, -0.1) is 24.8 Å². The fraction of sp³-hybridized carbons (Fsp3) is 0.500. The van der Waals surface area contributed by atoms with Crippen LogP contribution in [-0.4, -0.2) is 48.5 Å². The Kier molecular flexibility index (Phi) is 7.75. The summed E-state index contributed by atoms with van der Waals surface area (Å²) >= 11 is 0. The summed E-state index contributed by atoms with van der Waals surface area (Å²) in [5, 5.41) is 0.925. The molecular formula is C20H28Cl2N4O2. The van der Waals surface area contributed by atoms with E-state index in [9.17, 15) is 9.59 Å². The van der Waals surface area contributed by atoms with Crippen LogP contribution in [0.1, 0.15) is 41.6 Å². The van der Waals surface area contributed by atoms with E-state index < -0.39 is 5.91 Å². The van der Waals surface area contributed by atoms with Crippen molar-refractivity contribution in [3.8, 4) is 0 Å². The minimum Gasteiger partial charge on any atom is -0.369 e. The number of nitrogens with one attached hydrogen (secondary N) is 1. The lowest BCUT2D eigenvalue weighted by Crippen LogP contribution is -2.41. The average Bonchev–Trinajstić information content (AvgIpc) is 2.67. The highest BCUT2D eigenvalue weighted by Gasteiger charge is 2.23. The van der Waals surface area contributed by atoms with Crippen molar-refractivity contribution in [3.05, 3.63) is 39.7 Å². The number of carbonyl (C=O) groups is 1. The summed E-state index contributed by atoms with van der Waals surface area (Å²) in [7, 11) is 0. The monoisotopic (exact) mass is 426 g/mol. The van der Waals surface area contributed by atoms with Crippen LogP contribution < -0.4 is 16.2 Å². The number of carbonyl (C=O) groups excluding carboxylic acids is 1. The van der Waals surface area contributed by atoms with Gasteiger partial charge in [-0.25, -0.2) is 0 Å². The Morgan fingerprint density at radius 1 is 1.04 bits per heavy atom. The second kappa shape index (κ2) is 9.63. The number of pyridine rings is 1. The zero-order chi connectivity index (χ0) is 18.1. The van der Waals surface area contributed by atoms with Crippen LogP contribution in [0, 0.1) is 0 Å². The third kappa shape index (κ3) is 4.45. The maximum atomic E-state index is 12.6. The molecule has 1 saturated heterocycles. The van der Waals surface area contributed by atoms with E-state index in [0.29, 0.717) is 5.56 Å². The number of nitrogens with zero attached hydrogens (tertiary/aromatic N) is 2. The number of benzene rings is 1. The topological polar surface area (TPSA) is 82.4 Å². The number of hydrogen-bond acceptors (Lipinski definition) is 4. The number of rotatable bonds is 4. The Hall–Kier alpha value is -1.76. The minimum absolute atomic E-state index is 0. The Morgan fingerprint density at radius 3 is 2.50 bits per heavy atom. The molecule has 1 aromatic carbocycles. The predicted octanol–water partition coefficient (Wildman–Crippen LogP) is 2.71. The number of primary amides is 1. The Bertz CT molecular complexity index is 894. The molecule has 3 N–H and O–H groups in total. The van der Waals surface area contributed by atoms with Gasteiger partial charge in [0.05, 0.1) is 11.2 Å². The SMILES string of the molecule is Cl.Cl.NC(=O)c1ccc2[nH]c(=O)c3c(c2c1)N(CCN1CCCCC1)CCC3. The van der Waals surface area contributed by atoms with E-state index in [2.05, 4.69) is 14.8 Å². The molecule has 4 rings (SSSR count). The number of nitrogens with two attached hydrogens (primary N) is 1. The van der Waals surface area contributed by atoms with Crippen LogP contribution >= 0.6 is 24.8 Å². The normalized spacial score (nSPS) is 16.8. The van der Waals surface area contributed by atoms with Gasteiger partial charge >= 0.3 is 0 Å². The molecule has 0 atom stereocenters. The standard InChI is InChI=1S/C20H26N4O2.2ClH/c21-19(25)14-6-7-17-16(13-14)18-15(20(26)22-17)5-4-10-24(18)12-11-23-8-2-1-3-9-23;;/h6-7,13H,1-5,8-12H2,(H2,21,25)(H,22,26);2*1H. The lowest BCUT2D eigenvalue weighted by Gasteiger charge is -2.35. The zero-order valence-electron chi connectivity index (χ0n) is 15.9. The summed E-state index contributed by atoms with van der Waals surface area (Å²) in [6.07, 6.45) is 5.65. The molecule has 3 heterocycles. The van der Waals surface area contributed by atoms with Gasteiger partial charge in [-0.05, 0) is 57.0 Å². The van der Waals surface area contributed by atoms with E-state index in [0.717, 1.165) is 54.6 Å². The molecule has 2 aromatic rings. The number of likely N-dealkylation sites (tertiary alicyclic amines) is 1. The maximum Gasteiger partial charge on any atom is 0.253 e. The summed E-state index contributed by atoms with van der Waals surface area (Å²) in [6, 6.07) is 5.29. The number of H-pyrrole nitrogens is 1. The van der Waals surface area contributed by atoms with Crippen LogP contribution in [-0.2, 0) is 6.42 Å². The van der Waals surface area contributed by atoms with Crippen LogP contribution in [0.3, 0.4) is 0 Å². The van der Waals surface area contributed by atoms with E-state index in [-0.39, 0.29) is 30.4 Å². The molecule has 0 spiro atoms. The van der Waals surface area contributed by atoms with Crippen molar-refractivity contribution < 1.29 is 4.79 Å². The van der Waals surface area contributed by atoms with Crippen molar-refractivity contribution in [3.63, 3.8) is 0 Å². The van der Waals surface area contributed by atoms with Gasteiger partial charge in [0.15, 0.2) is 0 Å². The highest BCUT2D eigenvalue weighted by Crippen LogP contribution is 2.32. The molecule has 28 heavy (non-hydrogen) atoms.